The topological polar surface area (TPSA) is 93.5 Å². The fraction of sp³-hybridized carbons (Fsp3) is 0.385. The summed E-state index contributed by atoms with van der Waals surface area (Å²) in [6, 6.07) is 14.7. The van der Waals surface area contributed by atoms with Crippen LogP contribution in [0.3, 0.4) is 0 Å². The largest absolute Gasteiger partial charge is 0.492 e. The maximum atomic E-state index is 13.2. The summed E-state index contributed by atoms with van der Waals surface area (Å²) >= 11 is 0. The summed E-state index contributed by atoms with van der Waals surface area (Å²) in [5, 5.41) is 7.50. The van der Waals surface area contributed by atoms with Crippen molar-refractivity contribution in [3.63, 3.8) is 0 Å². The lowest BCUT2D eigenvalue weighted by molar-refractivity contribution is -0.116. The average molecular weight is 497 g/mol. The summed E-state index contributed by atoms with van der Waals surface area (Å²) in [6.07, 6.45) is 2.48. The quantitative estimate of drug-likeness (QED) is 0.478. The third-order valence-corrected chi connectivity index (χ3v) is 8.17. The molecule has 0 aliphatic carbocycles. The minimum Gasteiger partial charge on any atom is -0.492 e. The number of carbonyl (C=O) groups excluding carboxylic acids is 1. The molecule has 1 aliphatic rings. The molecular formula is C26H32N4O4S. The van der Waals surface area contributed by atoms with Gasteiger partial charge in [-0.1, -0.05) is 18.2 Å². The molecule has 186 valence electrons. The molecule has 2 heterocycles. The molecule has 1 saturated heterocycles. The molecule has 1 N–H and O–H groups in total. The predicted molar refractivity (Wildman–Crippen MR) is 136 cm³/mol. The number of ether oxygens (including phenoxy) is 1. The first-order chi connectivity index (χ1) is 16.8. The minimum absolute atomic E-state index is 0.0925. The molecule has 1 fully saturated rings. The van der Waals surface area contributed by atoms with Crippen LogP contribution in [0.4, 0.5) is 5.69 Å². The molecule has 0 bridgehead atoms. The van der Waals surface area contributed by atoms with Crippen LogP contribution in [0.15, 0.2) is 53.4 Å². The van der Waals surface area contributed by atoms with Crippen LogP contribution in [0.25, 0.3) is 5.69 Å². The molecule has 0 atom stereocenters. The van der Waals surface area contributed by atoms with Gasteiger partial charge in [0.25, 0.3) is 0 Å². The second-order valence-corrected chi connectivity index (χ2v) is 10.6. The first-order valence-corrected chi connectivity index (χ1v) is 13.4. The highest BCUT2D eigenvalue weighted by atomic mass is 32.2. The van der Waals surface area contributed by atoms with E-state index in [1.165, 1.54) is 10.4 Å². The van der Waals surface area contributed by atoms with Gasteiger partial charge in [0.1, 0.15) is 10.6 Å². The predicted octanol–water partition coefficient (Wildman–Crippen LogP) is 4.24. The third-order valence-electron chi connectivity index (χ3n) is 6.25. The number of para-hydroxylation sites is 1. The number of benzene rings is 2. The van der Waals surface area contributed by atoms with E-state index >= 15 is 0 Å². The summed E-state index contributed by atoms with van der Waals surface area (Å²) in [4.78, 5) is 12.9. The van der Waals surface area contributed by atoms with E-state index in [-0.39, 0.29) is 17.2 Å². The van der Waals surface area contributed by atoms with Crippen molar-refractivity contribution in [1.29, 1.82) is 0 Å². The number of hydrogen-bond donors (Lipinski definition) is 1. The maximum absolute atomic E-state index is 13.2. The average Bonchev–Trinajstić information content (AvgIpc) is 3.49. The van der Waals surface area contributed by atoms with Crippen LogP contribution in [0, 0.1) is 13.8 Å². The van der Waals surface area contributed by atoms with Crippen LogP contribution < -0.4 is 10.1 Å². The normalized spacial score (nSPS) is 14.3. The van der Waals surface area contributed by atoms with Gasteiger partial charge in [0, 0.05) is 30.9 Å². The highest BCUT2D eigenvalue weighted by Gasteiger charge is 2.30. The van der Waals surface area contributed by atoms with E-state index in [2.05, 4.69) is 10.4 Å². The van der Waals surface area contributed by atoms with Gasteiger partial charge in [-0.05, 0) is 75.9 Å². The van der Waals surface area contributed by atoms with Crippen LogP contribution in [0.2, 0.25) is 0 Å². The Hall–Kier alpha value is -3.17. The molecule has 1 amide bonds. The fourth-order valence-electron chi connectivity index (χ4n) is 4.45. The number of carbonyl (C=O) groups is 1. The van der Waals surface area contributed by atoms with E-state index in [0.717, 1.165) is 35.5 Å². The molecule has 0 saturated carbocycles. The Bertz CT molecular complexity index is 1300. The molecule has 3 aromatic rings. The molecule has 35 heavy (non-hydrogen) atoms. The first kappa shape index (κ1) is 24.9. The molecule has 1 aromatic heterocycles. The Balaban J connectivity index is 1.48. The van der Waals surface area contributed by atoms with Crippen molar-refractivity contribution in [1.82, 2.24) is 14.1 Å². The smallest absolute Gasteiger partial charge is 0.246 e. The number of aryl methyl sites for hydroxylation is 1. The van der Waals surface area contributed by atoms with Gasteiger partial charge in [0.2, 0.25) is 15.9 Å². The van der Waals surface area contributed by atoms with Gasteiger partial charge < -0.3 is 10.1 Å². The number of sulfonamides is 1. The number of anilines is 1. The number of amides is 1. The lowest BCUT2D eigenvalue weighted by Crippen LogP contribution is -2.28. The zero-order valence-corrected chi connectivity index (χ0v) is 21.3. The van der Waals surface area contributed by atoms with Gasteiger partial charge in [-0.15, -0.1) is 0 Å². The Morgan fingerprint density at radius 2 is 1.80 bits per heavy atom. The number of rotatable bonds is 9. The molecule has 4 rings (SSSR count). The van der Waals surface area contributed by atoms with Crippen LogP contribution in [0.1, 0.15) is 43.1 Å². The van der Waals surface area contributed by atoms with Crippen molar-refractivity contribution in [3.05, 3.63) is 65.5 Å². The molecule has 0 spiro atoms. The molecule has 9 heteroatoms. The highest BCUT2D eigenvalue weighted by molar-refractivity contribution is 7.89. The molecule has 0 unspecified atom stereocenters. The minimum atomic E-state index is -3.69. The molecule has 0 radical (unpaired) electrons. The van der Waals surface area contributed by atoms with Gasteiger partial charge in [-0.3, -0.25) is 4.79 Å². The third kappa shape index (κ3) is 5.41. The van der Waals surface area contributed by atoms with E-state index in [0.29, 0.717) is 37.6 Å². The Morgan fingerprint density at radius 3 is 2.49 bits per heavy atom. The van der Waals surface area contributed by atoms with Gasteiger partial charge >= 0.3 is 0 Å². The zero-order chi connectivity index (χ0) is 25.0. The van der Waals surface area contributed by atoms with Gasteiger partial charge in [-0.25, -0.2) is 13.1 Å². The SMILES string of the molecule is CCOc1ccc(NC(=O)CCc2c(C)nn(-c3ccccc3)c2C)cc1S(=O)(=O)N1CCCC1. The lowest BCUT2D eigenvalue weighted by Gasteiger charge is -2.19. The van der Waals surface area contributed by atoms with Crippen LogP contribution in [-0.2, 0) is 21.2 Å². The highest BCUT2D eigenvalue weighted by Crippen LogP contribution is 2.32. The van der Waals surface area contributed by atoms with Gasteiger partial charge in [0.15, 0.2) is 0 Å². The summed E-state index contributed by atoms with van der Waals surface area (Å²) < 4.78 is 35.4. The van der Waals surface area contributed by atoms with Crippen molar-refractivity contribution in [2.45, 2.75) is 51.3 Å². The van der Waals surface area contributed by atoms with E-state index in [1.807, 2.05) is 55.8 Å². The van der Waals surface area contributed by atoms with Crippen molar-refractivity contribution in [2.24, 2.45) is 0 Å². The monoisotopic (exact) mass is 496 g/mol. The van der Waals surface area contributed by atoms with Crippen molar-refractivity contribution in [2.75, 3.05) is 25.0 Å². The van der Waals surface area contributed by atoms with Crippen LogP contribution in [0.5, 0.6) is 5.75 Å². The van der Waals surface area contributed by atoms with Crippen molar-refractivity contribution >= 4 is 21.6 Å². The fourth-order valence-corrected chi connectivity index (χ4v) is 6.12. The summed E-state index contributed by atoms with van der Waals surface area (Å²) in [5.41, 5.74) is 4.34. The van der Waals surface area contributed by atoms with E-state index in [9.17, 15) is 13.2 Å². The van der Waals surface area contributed by atoms with Crippen molar-refractivity contribution < 1.29 is 17.9 Å². The van der Waals surface area contributed by atoms with E-state index in [4.69, 9.17) is 4.74 Å². The second kappa shape index (κ2) is 10.6. The van der Waals surface area contributed by atoms with Gasteiger partial charge in [-0.2, -0.15) is 9.40 Å². The molecular weight excluding hydrogens is 464 g/mol. The zero-order valence-electron chi connectivity index (χ0n) is 20.5. The Kier molecular flexibility index (Phi) is 7.57. The molecule has 2 aromatic carbocycles. The van der Waals surface area contributed by atoms with E-state index < -0.39 is 10.0 Å². The summed E-state index contributed by atoms with van der Waals surface area (Å²) in [6.45, 7) is 7.11. The molecule has 1 aliphatic heterocycles. The number of hydrogen-bond acceptors (Lipinski definition) is 5. The maximum Gasteiger partial charge on any atom is 0.246 e. The van der Waals surface area contributed by atoms with Crippen molar-refractivity contribution in [3.8, 4) is 11.4 Å². The van der Waals surface area contributed by atoms with Crippen LogP contribution >= 0.6 is 0 Å². The standard InChI is InChI=1S/C26H32N4O4S/c1-4-34-24-14-12-21(18-25(24)35(32,33)29-16-8-9-17-29)27-26(31)15-13-23-19(2)28-30(20(23)3)22-10-6-5-7-11-22/h5-7,10-12,14,18H,4,8-9,13,15-17H2,1-3H3,(H,27,31). The van der Waals surface area contributed by atoms with Gasteiger partial charge in [0.05, 0.1) is 18.0 Å². The first-order valence-electron chi connectivity index (χ1n) is 12.0. The second-order valence-electron chi connectivity index (χ2n) is 8.65. The summed E-state index contributed by atoms with van der Waals surface area (Å²) in [5.74, 6) is 0.113. The number of aromatic nitrogens is 2. The molecule has 8 nitrogen and oxygen atoms in total. The van der Waals surface area contributed by atoms with Crippen LogP contribution in [-0.4, -0.2) is 48.1 Å². The summed E-state index contributed by atoms with van der Waals surface area (Å²) in [7, 11) is -3.69. The lowest BCUT2D eigenvalue weighted by atomic mass is 10.1. The number of nitrogens with zero attached hydrogens (tertiary/aromatic N) is 3. The number of nitrogens with one attached hydrogen (secondary N) is 1. The Morgan fingerprint density at radius 1 is 1.09 bits per heavy atom. The van der Waals surface area contributed by atoms with E-state index in [1.54, 1.807) is 12.1 Å². The Labute approximate surface area is 207 Å².